The molecular formula is C23H27N3O9S. The summed E-state index contributed by atoms with van der Waals surface area (Å²) in [6.45, 7) is 1.54. The summed E-state index contributed by atoms with van der Waals surface area (Å²) in [5.41, 5.74) is 0.176. The van der Waals surface area contributed by atoms with Crippen molar-refractivity contribution in [3.05, 3.63) is 40.3 Å². The second kappa shape index (κ2) is 13.2. The lowest BCUT2D eigenvalue weighted by Crippen LogP contribution is -2.45. The first kappa shape index (κ1) is 27.4. The second-order valence-electron chi connectivity index (χ2n) is 7.73. The van der Waals surface area contributed by atoms with Gasteiger partial charge >= 0.3 is 0 Å². The molecule has 2 aromatic rings. The molecule has 1 atom stereocenters. The largest absolute Gasteiger partial charge is 0.377 e. The molecule has 36 heavy (non-hydrogen) atoms. The number of piperidine rings is 1. The van der Waals surface area contributed by atoms with Crippen molar-refractivity contribution in [2.75, 3.05) is 52.5 Å². The Morgan fingerprint density at radius 1 is 1.03 bits per heavy atom. The van der Waals surface area contributed by atoms with Crippen LogP contribution in [0.15, 0.2) is 29.2 Å². The van der Waals surface area contributed by atoms with Gasteiger partial charge < -0.3 is 14.2 Å². The van der Waals surface area contributed by atoms with E-state index in [9.17, 15) is 22.8 Å². The molecule has 0 saturated carbocycles. The minimum absolute atomic E-state index is 0.0383. The topological polar surface area (TPSA) is 152 Å². The monoisotopic (exact) mass is 521 g/mol. The Morgan fingerprint density at radius 2 is 1.72 bits per heavy atom. The van der Waals surface area contributed by atoms with Gasteiger partial charge in [0.1, 0.15) is 12.6 Å². The molecule has 3 rings (SSSR count). The average Bonchev–Trinajstić information content (AvgIpc) is 2.82. The van der Waals surface area contributed by atoms with E-state index in [4.69, 9.17) is 14.2 Å². The molecule has 1 fully saturated rings. The van der Waals surface area contributed by atoms with E-state index in [2.05, 4.69) is 26.4 Å². The quantitative estimate of drug-likeness (QED) is 0.171. The molecule has 1 unspecified atom stereocenters. The van der Waals surface area contributed by atoms with Crippen LogP contribution >= 0.6 is 0 Å². The van der Waals surface area contributed by atoms with Crippen molar-refractivity contribution < 1.29 is 36.4 Å². The fraction of sp³-hybridized carbons (Fsp3) is 0.478. The van der Waals surface area contributed by atoms with Crippen LogP contribution in [0.1, 0.15) is 24.4 Å². The van der Waals surface area contributed by atoms with E-state index in [1.165, 1.54) is 6.20 Å². The number of carbonyl (C=O) groups is 2. The summed E-state index contributed by atoms with van der Waals surface area (Å²) in [6.07, 6.45) is 2.84. The first-order chi connectivity index (χ1) is 17.3. The highest BCUT2D eigenvalue weighted by molar-refractivity contribution is 7.85. The van der Waals surface area contributed by atoms with Crippen LogP contribution in [0.3, 0.4) is 0 Å². The number of benzene rings is 1. The molecule has 2 amide bonds. The molecule has 1 aliphatic rings. The number of hydrogen-bond donors (Lipinski definition) is 1. The molecule has 0 spiro atoms. The number of ether oxygens (including phenoxy) is 3. The van der Waals surface area contributed by atoms with E-state index in [0.29, 0.717) is 42.8 Å². The van der Waals surface area contributed by atoms with Gasteiger partial charge in [-0.1, -0.05) is 17.9 Å². The molecule has 1 aromatic carbocycles. The maximum Gasteiger partial charge on any atom is 0.275 e. The lowest BCUT2D eigenvalue weighted by Gasteiger charge is -2.21. The van der Waals surface area contributed by atoms with Gasteiger partial charge in [-0.25, -0.2) is 4.68 Å². The van der Waals surface area contributed by atoms with E-state index in [1.54, 1.807) is 18.2 Å². The van der Waals surface area contributed by atoms with E-state index < -0.39 is 27.6 Å². The number of aromatic nitrogens is 2. The standard InChI is InChI=1S/C23H27N3O9S/c1-36(30,31)35-15-14-34-13-12-33-11-10-32-9-3-5-17-4-2-6-18-19(17)16-24-26(23(18)29)20-7-8-21(27)25-22(20)28/h2,4,6,16,20H,7-15H2,1H3,(H,25,27,28). The van der Waals surface area contributed by atoms with Crippen molar-refractivity contribution in [2.45, 2.75) is 18.9 Å². The average molecular weight is 522 g/mol. The Morgan fingerprint density at radius 3 is 2.42 bits per heavy atom. The van der Waals surface area contributed by atoms with Crippen molar-refractivity contribution in [3.63, 3.8) is 0 Å². The van der Waals surface area contributed by atoms with Crippen molar-refractivity contribution >= 4 is 32.7 Å². The molecule has 1 saturated heterocycles. The molecule has 2 heterocycles. The fourth-order valence-corrected chi connectivity index (χ4v) is 3.74. The van der Waals surface area contributed by atoms with Gasteiger partial charge in [0, 0.05) is 17.4 Å². The number of imide groups is 1. The summed E-state index contributed by atoms with van der Waals surface area (Å²) in [4.78, 5) is 36.4. The van der Waals surface area contributed by atoms with Crippen molar-refractivity contribution in [2.24, 2.45) is 0 Å². The zero-order chi connectivity index (χ0) is 26.0. The smallest absolute Gasteiger partial charge is 0.275 e. The molecular weight excluding hydrogens is 494 g/mol. The third-order valence-electron chi connectivity index (χ3n) is 5.03. The van der Waals surface area contributed by atoms with Gasteiger partial charge in [-0.3, -0.25) is 23.9 Å². The van der Waals surface area contributed by atoms with Crippen molar-refractivity contribution in [3.8, 4) is 11.8 Å². The van der Waals surface area contributed by atoms with Gasteiger partial charge in [0.05, 0.1) is 57.5 Å². The van der Waals surface area contributed by atoms with Gasteiger partial charge in [0.25, 0.3) is 21.6 Å². The summed E-state index contributed by atoms with van der Waals surface area (Å²) < 4.78 is 43.2. The zero-order valence-electron chi connectivity index (χ0n) is 19.7. The van der Waals surface area contributed by atoms with Crippen molar-refractivity contribution in [1.29, 1.82) is 0 Å². The number of rotatable bonds is 12. The van der Waals surface area contributed by atoms with Crippen LogP contribution in [0.4, 0.5) is 0 Å². The van der Waals surface area contributed by atoms with Crippen LogP contribution in [0, 0.1) is 11.8 Å². The van der Waals surface area contributed by atoms with Crippen LogP contribution < -0.4 is 10.9 Å². The summed E-state index contributed by atoms with van der Waals surface area (Å²) in [5.74, 6) is 4.96. The van der Waals surface area contributed by atoms with Crippen LogP contribution in [0.5, 0.6) is 0 Å². The summed E-state index contributed by atoms with van der Waals surface area (Å²) in [7, 11) is -3.46. The van der Waals surface area contributed by atoms with Crippen LogP contribution in [0.25, 0.3) is 10.8 Å². The predicted molar refractivity (Wildman–Crippen MR) is 128 cm³/mol. The van der Waals surface area contributed by atoms with Crippen LogP contribution in [-0.4, -0.2) is 82.5 Å². The normalized spacial score (nSPS) is 16.0. The molecule has 0 bridgehead atoms. The Bertz CT molecular complexity index is 1310. The number of amides is 2. The van der Waals surface area contributed by atoms with Gasteiger partial charge in [-0.2, -0.15) is 13.5 Å². The minimum atomic E-state index is -3.46. The summed E-state index contributed by atoms with van der Waals surface area (Å²) >= 11 is 0. The third kappa shape index (κ3) is 8.21. The number of carbonyl (C=O) groups excluding carboxylic acids is 2. The van der Waals surface area contributed by atoms with Gasteiger partial charge in [-0.05, 0) is 18.6 Å². The molecule has 1 aromatic heterocycles. The first-order valence-corrected chi connectivity index (χ1v) is 13.0. The third-order valence-corrected chi connectivity index (χ3v) is 5.62. The van der Waals surface area contributed by atoms with E-state index >= 15 is 0 Å². The molecule has 0 aliphatic carbocycles. The summed E-state index contributed by atoms with van der Waals surface area (Å²) in [6, 6.07) is 4.28. The second-order valence-corrected chi connectivity index (χ2v) is 9.38. The molecule has 0 radical (unpaired) electrons. The number of nitrogens with zero attached hydrogens (tertiary/aromatic N) is 2. The Kier molecular flexibility index (Phi) is 10.1. The predicted octanol–water partition coefficient (Wildman–Crippen LogP) is -0.248. The maximum atomic E-state index is 12.9. The van der Waals surface area contributed by atoms with Gasteiger partial charge in [0.2, 0.25) is 5.91 Å². The van der Waals surface area contributed by atoms with Crippen LogP contribution in [0.2, 0.25) is 0 Å². The highest BCUT2D eigenvalue weighted by Crippen LogP contribution is 2.18. The van der Waals surface area contributed by atoms with Gasteiger partial charge in [0.15, 0.2) is 0 Å². The molecule has 13 heteroatoms. The molecule has 1 N–H and O–H groups in total. The van der Waals surface area contributed by atoms with Crippen molar-refractivity contribution in [1.82, 2.24) is 15.1 Å². The summed E-state index contributed by atoms with van der Waals surface area (Å²) in [5, 5.41) is 7.33. The van der Waals surface area contributed by atoms with Crippen LogP contribution in [-0.2, 0) is 38.1 Å². The Hall–Kier alpha value is -3.15. The Balaban J connectivity index is 1.43. The SMILES string of the molecule is CS(=O)(=O)OCCOCCOCCOCC#Cc1cccc2c(=O)n(C3CCC(=O)NC3=O)ncc12. The zero-order valence-corrected chi connectivity index (χ0v) is 20.5. The molecule has 194 valence electrons. The van der Waals surface area contributed by atoms with E-state index in [0.717, 1.165) is 10.9 Å². The Labute approximate surface area is 208 Å². The lowest BCUT2D eigenvalue weighted by molar-refractivity contribution is -0.136. The molecule has 1 aliphatic heterocycles. The van der Waals surface area contributed by atoms with E-state index in [-0.39, 0.29) is 38.6 Å². The first-order valence-electron chi connectivity index (χ1n) is 11.2. The highest BCUT2D eigenvalue weighted by atomic mass is 32.2. The highest BCUT2D eigenvalue weighted by Gasteiger charge is 2.30. The van der Waals surface area contributed by atoms with Gasteiger partial charge in [-0.15, -0.1) is 0 Å². The minimum Gasteiger partial charge on any atom is -0.377 e. The lowest BCUT2D eigenvalue weighted by atomic mass is 10.1. The number of hydrogen-bond acceptors (Lipinski definition) is 10. The number of fused-ring (bicyclic) bond motifs is 1. The van der Waals surface area contributed by atoms with E-state index in [1.807, 2.05) is 0 Å². The maximum absolute atomic E-state index is 12.9. The fourth-order valence-electron chi connectivity index (χ4n) is 3.37. The molecule has 12 nitrogen and oxygen atoms in total. The number of nitrogens with one attached hydrogen (secondary N) is 1.